The van der Waals surface area contributed by atoms with Crippen LogP contribution in [0.1, 0.15) is 18.4 Å². The zero-order valence-corrected chi connectivity index (χ0v) is 8.42. The van der Waals surface area contributed by atoms with E-state index in [0.29, 0.717) is 23.4 Å². The highest BCUT2D eigenvalue weighted by Gasteiger charge is 2.51. The Morgan fingerprint density at radius 2 is 2.14 bits per heavy atom. The lowest BCUT2D eigenvalue weighted by Gasteiger charge is -2.11. The molecule has 1 fully saturated rings. The maximum atomic E-state index is 11.0. The molecular weight excluding hydrogens is 198 g/mol. The predicted molar refractivity (Wildman–Crippen MR) is 56.7 cm³/mol. The van der Waals surface area contributed by atoms with Crippen LogP contribution in [0.2, 0.25) is 0 Å². The minimum atomic E-state index is -0.755. The van der Waals surface area contributed by atoms with Gasteiger partial charge in [0, 0.05) is 10.6 Å². The summed E-state index contributed by atoms with van der Waals surface area (Å²) in [6, 6.07) is 5.23. The van der Waals surface area contributed by atoms with Crippen LogP contribution in [0.5, 0.6) is 0 Å². The van der Waals surface area contributed by atoms with Crippen molar-refractivity contribution in [2.24, 2.45) is 0 Å². The fraction of sp³-hybridized carbons (Fsp3) is 0.300. The van der Waals surface area contributed by atoms with Crippen LogP contribution in [0.4, 0.5) is 5.69 Å². The van der Waals surface area contributed by atoms with E-state index in [1.54, 1.807) is 18.2 Å². The molecule has 0 spiro atoms. The van der Waals surface area contributed by atoms with E-state index in [1.807, 2.05) is 0 Å². The van der Waals surface area contributed by atoms with Crippen molar-refractivity contribution in [1.29, 1.82) is 0 Å². The summed E-state index contributed by atoms with van der Waals surface area (Å²) in [7, 11) is 0. The van der Waals surface area contributed by atoms with E-state index < -0.39 is 11.4 Å². The summed E-state index contributed by atoms with van der Waals surface area (Å²) < 4.78 is 0. The first-order valence-electron chi connectivity index (χ1n) is 4.39. The third-order valence-corrected chi connectivity index (χ3v) is 3.13. The van der Waals surface area contributed by atoms with Crippen LogP contribution < -0.4 is 5.73 Å². The molecule has 4 heteroatoms. The van der Waals surface area contributed by atoms with Gasteiger partial charge in [0.25, 0.3) is 0 Å². The molecule has 3 N–H and O–H groups in total. The van der Waals surface area contributed by atoms with E-state index >= 15 is 0 Å². The molecule has 0 heterocycles. The topological polar surface area (TPSA) is 63.3 Å². The van der Waals surface area contributed by atoms with E-state index in [4.69, 9.17) is 10.8 Å². The second kappa shape index (κ2) is 2.92. The SMILES string of the molecule is Nc1ccc(C2(C(=O)O)CC2)cc1S. The monoisotopic (exact) mass is 209 g/mol. The first-order chi connectivity index (χ1) is 6.56. The number of carbonyl (C=O) groups is 1. The lowest BCUT2D eigenvalue weighted by Crippen LogP contribution is -2.19. The maximum absolute atomic E-state index is 11.0. The van der Waals surface area contributed by atoms with E-state index in [-0.39, 0.29) is 0 Å². The Morgan fingerprint density at radius 3 is 2.57 bits per heavy atom. The van der Waals surface area contributed by atoms with Gasteiger partial charge in [0.2, 0.25) is 0 Å². The molecule has 0 unspecified atom stereocenters. The molecule has 0 atom stereocenters. The van der Waals surface area contributed by atoms with Gasteiger partial charge in [-0.05, 0) is 30.5 Å². The fourth-order valence-electron chi connectivity index (χ4n) is 1.59. The summed E-state index contributed by atoms with van der Waals surface area (Å²) in [6.45, 7) is 0. The Balaban J connectivity index is 2.43. The summed E-state index contributed by atoms with van der Waals surface area (Å²) >= 11 is 4.18. The number of thiol groups is 1. The van der Waals surface area contributed by atoms with Crippen molar-refractivity contribution in [3.05, 3.63) is 23.8 Å². The molecule has 1 aromatic rings. The lowest BCUT2D eigenvalue weighted by molar-refractivity contribution is -0.140. The highest BCUT2D eigenvalue weighted by molar-refractivity contribution is 7.80. The van der Waals surface area contributed by atoms with E-state index in [0.717, 1.165) is 5.56 Å². The Hall–Kier alpha value is -1.16. The normalized spacial score (nSPS) is 17.8. The Kier molecular flexibility index (Phi) is 1.96. The first-order valence-corrected chi connectivity index (χ1v) is 4.83. The van der Waals surface area contributed by atoms with E-state index in [2.05, 4.69) is 12.6 Å². The molecule has 3 nitrogen and oxygen atoms in total. The molecule has 0 bridgehead atoms. The van der Waals surface area contributed by atoms with Crippen molar-refractivity contribution in [1.82, 2.24) is 0 Å². The number of rotatable bonds is 2. The average Bonchev–Trinajstić information content (AvgIpc) is 2.90. The largest absolute Gasteiger partial charge is 0.481 e. The average molecular weight is 209 g/mol. The van der Waals surface area contributed by atoms with Crippen molar-refractivity contribution >= 4 is 24.3 Å². The third kappa shape index (κ3) is 1.26. The summed E-state index contributed by atoms with van der Waals surface area (Å²) in [5, 5.41) is 9.06. The van der Waals surface area contributed by atoms with E-state index in [1.165, 1.54) is 0 Å². The number of benzene rings is 1. The second-order valence-electron chi connectivity index (χ2n) is 3.66. The highest BCUT2D eigenvalue weighted by atomic mass is 32.1. The summed E-state index contributed by atoms with van der Waals surface area (Å²) in [6.07, 6.45) is 1.42. The van der Waals surface area contributed by atoms with Crippen LogP contribution in [0.15, 0.2) is 23.1 Å². The van der Waals surface area contributed by atoms with Crippen LogP contribution in [0.3, 0.4) is 0 Å². The molecule has 0 amide bonds. The molecule has 1 aliphatic carbocycles. The number of nitrogen functional groups attached to an aromatic ring is 1. The number of carboxylic acid groups (broad SMARTS) is 1. The molecule has 74 valence electrons. The molecule has 2 rings (SSSR count). The molecule has 14 heavy (non-hydrogen) atoms. The van der Waals surface area contributed by atoms with Gasteiger partial charge in [0.15, 0.2) is 0 Å². The van der Waals surface area contributed by atoms with Crippen LogP contribution >= 0.6 is 12.6 Å². The molecule has 0 aliphatic heterocycles. The Bertz CT molecular complexity index is 399. The van der Waals surface area contributed by atoms with Gasteiger partial charge in [-0.3, -0.25) is 4.79 Å². The third-order valence-electron chi connectivity index (χ3n) is 2.74. The first kappa shape index (κ1) is 9.40. The van der Waals surface area contributed by atoms with Gasteiger partial charge in [0.05, 0.1) is 5.41 Å². The lowest BCUT2D eigenvalue weighted by atomic mass is 9.96. The van der Waals surface area contributed by atoms with Crippen molar-refractivity contribution in [2.75, 3.05) is 5.73 Å². The summed E-state index contributed by atoms with van der Waals surface area (Å²) in [4.78, 5) is 11.7. The van der Waals surface area contributed by atoms with Crippen LogP contribution in [0, 0.1) is 0 Å². The van der Waals surface area contributed by atoms with Crippen molar-refractivity contribution in [3.8, 4) is 0 Å². The molecule has 1 saturated carbocycles. The number of hydrogen-bond acceptors (Lipinski definition) is 3. The minimum Gasteiger partial charge on any atom is -0.481 e. The molecular formula is C10H11NO2S. The highest BCUT2D eigenvalue weighted by Crippen LogP contribution is 2.49. The molecule has 0 saturated heterocycles. The van der Waals surface area contributed by atoms with Crippen molar-refractivity contribution < 1.29 is 9.90 Å². The van der Waals surface area contributed by atoms with Crippen molar-refractivity contribution in [3.63, 3.8) is 0 Å². The molecule has 1 aliphatic rings. The predicted octanol–water partition coefficient (Wildman–Crippen LogP) is 1.67. The summed E-state index contributed by atoms with van der Waals surface area (Å²) in [5.41, 5.74) is 6.33. The maximum Gasteiger partial charge on any atom is 0.314 e. The number of carboxylic acids is 1. The van der Waals surface area contributed by atoms with Gasteiger partial charge in [-0.15, -0.1) is 12.6 Å². The van der Waals surface area contributed by atoms with Gasteiger partial charge in [0.1, 0.15) is 0 Å². The zero-order valence-electron chi connectivity index (χ0n) is 7.53. The zero-order chi connectivity index (χ0) is 10.3. The van der Waals surface area contributed by atoms with Crippen LogP contribution in [-0.4, -0.2) is 11.1 Å². The number of anilines is 1. The standard InChI is InChI=1S/C10H11NO2S/c11-7-2-1-6(5-8(7)14)10(3-4-10)9(12)13/h1-2,5,14H,3-4,11H2,(H,12,13). The van der Waals surface area contributed by atoms with Crippen LogP contribution in [-0.2, 0) is 10.2 Å². The van der Waals surface area contributed by atoms with Gasteiger partial charge in [-0.1, -0.05) is 6.07 Å². The van der Waals surface area contributed by atoms with Gasteiger partial charge >= 0.3 is 5.97 Å². The second-order valence-corrected chi connectivity index (χ2v) is 4.14. The fourth-order valence-corrected chi connectivity index (χ4v) is 1.81. The molecule has 1 aromatic carbocycles. The quantitative estimate of drug-likeness (QED) is 0.513. The number of nitrogens with two attached hydrogens (primary N) is 1. The van der Waals surface area contributed by atoms with E-state index in [9.17, 15) is 4.79 Å². The number of aliphatic carboxylic acids is 1. The Morgan fingerprint density at radius 1 is 1.50 bits per heavy atom. The van der Waals surface area contributed by atoms with Gasteiger partial charge in [-0.2, -0.15) is 0 Å². The molecule has 0 aromatic heterocycles. The minimum absolute atomic E-state index is 0.582. The van der Waals surface area contributed by atoms with Gasteiger partial charge < -0.3 is 10.8 Å². The van der Waals surface area contributed by atoms with Gasteiger partial charge in [-0.25, -0.2) is 0 Å². The summed E-state index contributed by atoms with van der Waals surface area (Å²) in [5.74, 6) is -0.755. The van der Waals surface area contributed by atoms with Crippen LogP contribution in [0.25, 0.3) is 0 Å². The Labute approximate surface area is 87.3 Å². The van der Waals surface area contributed by atoms with Crippen molar-refractivity contribution in [2.45, 2.75) is 23.2 Å². The smallest absolute Gasteiger partial charge is 0.314 e. The number of hydrogen-bond donors (Lipinski definition) is 3. The molecule has 0 radical (unpaired) electrons.